The summed E-state index contributed by atoms with van der Waals surface area (Å²) >= 11 is 0. The van der Waals surface area contributed by atoms with Crippen molar-refractivity contribution in [3.63, 3.8) is 0 Å². The number of aliphatic imine (C=N–C) groups is 1. The molecule has 182 valence electrons. The molecule has 0 aromatic rings. The maximum Gasteiger partial charge on any atom is 0.490 e. The van der Waals surface area contributed by atoms with Gasteiger partial charge in [-0.05, 0) is 18.8 Å². The molecule has 6 atom stereocenters. The normalized spacial score (nSPS) is 32.8. The molecule has 1 aliphatic carbocycles. The Kier molecular flexibility index (Phi) is 7.22. The Hall–Kier alpha value is -0.960. The molecule has 0 aromatic heterocycles. The second-order valence-electron chi connectivity index (χ2n) is 7.11. The van der Waals surface area contributed by atoms with Crippen LogP contribution in [0.5, 0.6) is 0 Å². The van der Waals surface area contributed by atoms with Gasteiger partial charge >= 0.3 is 23.5 Å². The summed E-state index contributed by atoms with van der Waals surface area (Å²) in [6.45, 7) is 2.79. The SMILES string of the molecule is C=C1N=C(N)C(C2CC2)=CN1C1OC(COP(=O)(O)OP(=O)(O)OP(=O)(O)O)C(O)C1O. The molecule has 3 aliphatic rings. The zero-order valence-electron chi connectivity index (χ0n) is 16.1. The number of phosphoric ester groups is 1. The second-order valence-corrected chi connectivity index (χ2v) is 11.5. The molecule has 19 heteroatoms. The van der Waals surface area contributed by atoms with E-state index in [9.17, 15) is 28.8 Å². The van der Waals surface area contributed by atoms with Crippen molar-refractivity contribution in [2.24, 2.45) is 16.6 Å². The van der Waals surface area contributed by atoms with Crippen LogP contribution in [-0.2, 0) is 31.6 Å². The minimum Gasteiger partial charge on any atom is -0.387 e. The molecule has 32 heavy (non-hydrogen) atoms. The Balaban J connectivity index is 1.64. The molecule has 0 aromatic carbocycles. The fourth-order valence-corrected chi connectivity index (χ4v) is 6.08. The predicted molar refractivity (Wildman–Crippen MR) is 104 cm³/mol. The van der Waals surface area contributed by atoms with Crippen molar-refractivity contribution < 1.29 is 61.4 Å². The average Bonchev–Trinajstić information content (AvgIpc) is 3.39. The summed E-state index contributed by atoms with van der Waals surface area (Å²) in [6, 6.07) is 0. The number of rotatable bonds is 9. The molecule has 1 saturated carbocycles. The summed E-state index contributed by atoms with van der Waals surface area (Å²) in [5.74, 6) is 0.571. The summed E-state index contributed by atoms with van der Waals surface area (Å²) in [5, 5.41) is 20.6. The van der Waals surface area contributed by atoms with E-state index in [0.717, 1.165) is 12.8 Å². The van der Waals surface area contributed by atoms with Crippen molar-refractivity contribution in [3.8, 4) is 0 Å². The minimum atomic E-state index is -5.69. The van der Waals surface area contributed by atoms with E-state index in [4.69, 9.17) is 25.2 Å². The van der Waals surface area contributed by atoms with E-state index in [1.165, 1.54) is 4.90 Å². The highest BCUT2D eigenvalue weighted by Crippen LogP contribution is 2.66. The number of hydrogen-bond donors (Lipinski definition) is 7. The maximum absolute atomic E-state index is 11.8. The monoisotopic (exact) mass is 521 g/mol. The van der Waals surface area contributed by atoms with Gasteiger partial charge in [0.1, 0.15) is 30.0 Å². The maximum atomic E-state index is 11.8. The third-order valence-electron chi connectivity index (χ3n) is 4.57. The zero-order valence-corrected chi connectivity index (χ0v) is 18.8. The van der Waals surface area contributed by atoms with E-state index in [1.54, 1.807) is 6.20 Å². The molecule has 0 spiro atoms. The first-order chi connectivity index (χ1) is 14.6. The first kappa shape index (κ1) is 25.7. The second kappa shape index (κ2) is 9.01. The lowest BCUT2D eigenvalue weighted by Crippen LogP contribution is -2.43. The van der Waals surface area contributed by atoms with E-state index in [-0.39, 0.29) is 17.6 Å². The minimum absolute atomic E-state index is 0.108. The van der Waals surface area contributed by atoms with E-state index in [1.807, 2.05) is 0 Å². The van der Waals surface area contributed by atoms with Crippen LogP contribution in [0, 0.1) is 5.92 Å². The van der Waals surface area contributed by atoms with Gasteiger partial charge in [-0.1, -0.05) is 6.58 Å². The largest absolute Gasteiger partial charge is 0.490 e. The van der Waals surface area contributed by atoms with Gasteiger partial charge in [0.25, 0.3) is 0 Å². The first-order valence-electron chi connectivity index (χ1n) is 8.92. The Morgan fingerprint density at radius 1 is 1.12 bits per heavy atom. The number of aliphatic hydroxyl groups is 2. The molecule has 8 N–H and O–H groups in total. The molecule has 2 heterocycles. The van der Waals surface area contributed by atoms with Crippen LogP contribution in [0.4, 0.5) is 0 Å². The Bertz CT molecular complexity index is 975. The summed E-state index contributed by atoms with van der Waals surface area (Å²) < 4.78 is 51.0. The van der Waals surface area contributed by atoms with Crippen LogP contribution in [0.25, 0.3) is 0 Å². The van der Waals surface area contributed by atoms with E-state index in [0.29, 0.717) is 5.57 Å². The lowest BCUT2D eigenvalue weighted by atomic mass is 10.1. The van der Waals surface area contributed by atoms with Gasteiger partial charge in [-0.3, -0.25) is 4.52 Å². The standard InChI is InChI=1S/C13H22N3O13P3/c1-6-15-12(14)8(7-2-3-7)4-16(6)13-11(18)10(17)9(27-13)5-26-31(22,23)29-32(24,25)28-30(19,20)21/h4,7,9-11,13,17-18H,1-3,5H2,(H2,14,15)(H,22,23)(H,24,25)(H2,19,20,21). The molecule has 1 saturated heterocycles. The van der Waals surface area contributed by atoms with Gasteiger partial charge in [0.05, 0.1) is 6.61 Å². The molecule has 0 bridgehead atoms. The highest BCUT2D eigenvalue weighted by atomic mass is 31.3. The first-order valence-corrected chi connectivity index (χ1v) is 13.4. The molecule has 16 nitrogen and oxygen atoms in total. The number of phosphoric acid groups is 3. The van der Waals surface area contributed by atoms with Gasteiger partial charge in [0, 0.05) is 11.8 Å². The molecule has 2 fully saturated rings. The van der Waals surface area contributed by atoms with Crippen LogP contribution < -0.4 is 5.73 Å². The van der Waals surface area contributed by atoms with Crippen molar-refractivity contribution in [2.45, 2.75) is 37.4 Å². The summed E-state index contributed by atoms with van der Waals surface area (Å²) in [6.07, 6.45) is -2.45. The van der Waals surface area contributed by atoms with Crippen LogP contribution in [0.15, 0.2) is 29.2 Å². The number of nitrogens with zero attached hydrogens (tertiary/aromatic N) is 2. The van der Waals surface area contributed by atoms with Crippen molar-refractivity contribution >= 4 is 29.3 Å². The van der Waals surface area contributed by atoms with Crippen molar-refractivity contribution in [1.82, 2.24) is 4.90 Å². The highest BCUT2D eigenvalue weighted by molar-refractivity contribution is 7.66. The molecular weight excluding hydrogens is 499 g/mol. The van der Waals surface area contributed by atoms with Gasteiger partial charge in [-0.15, -0.1) is 0 Å². The van der Waals surface area contributed by atoms with E-state index < -0.39 is 54.6 Å². The summed E-state index contributed by atoms with van der Waals surface area (Å²) in [5.41, 5.74) is 6.60. The predicted octanol–water partition coefficient (Wildman–Crippen LogP) is -0.786. The van der Waals surface area contributed by atoms with Gasteiger partial charge in [0.15, 0.2) is 6.23 Å². The third-order valence-corrected chi connectivity index (χ3v) is 8.37. The van der Waals surface area contributed by atoms with Gasteiger partial charge in [-0.2, -0.15) is 8.62 Å². The van der Waals surface area contributed by atoms with Gasteiger partial charge in [-0.25, -0.2) is 18.7 Å². The van der Waals surface area contributed by atoms with Crippen molar-refractivity contribution in [3.05, 3.63) is 24.2 Å². The van der Waals surface area contributed by atoms with Crippen LogP contribution in [0.2, 0.25) is 0 Å². The van der Waals surface area contributed by atoms with Crippen LogP contribution in [-0.4, -0.2) is 71.7 Å². The van der Waals surface area contributed by atoms with Crippen LogP contribution in [0.1, 0.15) is 12.8 Å². The Morgan fingerprint density at radius 3 is 2.31 bits per heavy atom. The Morgan fingerprint density at radius 2 is 1.75 bits per heavy atom. The van der Waals surface area contributed by atoms with Crippen LogP contribution in [0.3, 0.4) is 0 Å². The van der Waals surface area contributed by atoms with Gasteiger partial charge in [0.2, 0.25) is 0 Å². The smallest absolute Gasteiger partial charge is 0.387 e. The molecule has 2 aliphatic heterocycles. The number of amidine groups is 1. The van der Waals surface area contributed by atoms with E-state index in [2.05, 4.69) is 24.7 Å². The molecule has 3 rings (SSSR count). The zero-order chi connectivity index (χ0) is 24.1. The van der Waals surface area contributed by atoms with Crippen molar-refractivity contribution in [2.75, 3.05) is 6.61 Å². The number of aliphatic hydroxyl groups excluding tert-OH is 2. The summed E-state index contributed by atoms with van der Waals surface area (Å²) in [7, 11) is -16.6. The lowest BCUT2D eigenvalue weighted by molar-refractivity contribution is -0.0687. The highest BCUT2D eigenvalue weighted by Gasteiger charge is 2.48. The summed E-state index contributed by atoms with van der Waals surface area (Å²) in [4.78, 5) is 41.1. The number of hydrogen-bond acceptors (Lipinski definition) is 12. The third kappa shape index (κ3) is 6.33. The number of ether oxygens (including phenoxy) is 1. The lowest BCUT2D eigenvalue weighted by Gasteiger charge is -2.32. The molecule has 0 amide bonds. The Labute approximate surface area is 181 Å². The van der Waals surface area contributed by atoms with E-state index >= 15 is 0 Å². The van der Waals surface area contributed by atoms with Gasteiger partial charge < -0.3 is 45.2 Å². The fourth-order valence-electron chi connectivity index (χ4n) is 3.05. The molecular formula is C13H22N3O13P3. The fraction of sp³-hybridized carbons (Fsp3) is 0.615. The molecule has 0 radical (unpaired) electrons. The van der Waals surface area contributed by atoms with Crippen molar-refractivity contribution in [1.29, 1.82) is 0 Å². The number of nitrogens with two attached hydrogens (primary N) is 1. The molecule has 6 unspecified atom stereocenters. The van der Waals surface area contributed by atoms with Crippen LogP contribution >= 0.6 is 23.5 Å². The quantitative estimate of drug-likeness (QED) is 0.184. The topological polar surface area (TPSA) is 251 Å². The average molecular weight is 521 g/mol.